The first-order valence-electron chi connectivity index (χ1n) is 13.0. The fraction of sp³-hybridized carbons (Fsp3) is 0.444. The first kappa shape index (κ1) is 30.7. The van der Waals surface area contributed by atoms with Crippen molar-refractivity contribution in [3.8, 4) is 0 Å². The maximum Gasteiger partial charge on any atom is 0.326 e. The molecule has 3 rings (SSSR count). The zero-order chi connectivity index (χ0) is 29.2. The number of thioether (sulfide) groups is 1. The second-order valence-electron chi connectivity index (χ2n) is 9.92. The summed E-state index contributed by atoms with van der Waals surface area (Å²) < 4.78 is 0. The van der Waals surface area contributed by atoms with E-state index in [1.807, 2.05) is 36.7 Å². The van der Waals surface area contributed by atoms with Crippen LogP contribution in [0, 0.1) is 5.92 Å². The van der Waals surface area contributed by atoms with E-state index in [1.165, 1.54) is 24.3 Å². The van der Waals surface area contributed by atoms with Crippen molar-refractivity contribution in [3.05, 3.63) is 54.2 Å². The molecule has 8 N–H and O–H groups in total. The van der Waals surface area contributed by atoms with E-state index < -0.39 is 47.9 Å². The molecule has 12 nitrogen and oxygen atoms in total. The number of benzene rings is 1. The third-order valence-corrected chi connectivity index (χ3v) is 7.18. The quantitative estimate of drug-likeness (QED) is 0.140. The van der Waals surface area contributed by atoms with Gasteiger partial charge in [-0.15, -0.1) is 0 Å². The third-order valence-electron chi connectivity index (χ3n) is 6.54. The van der Waals surface area contributed by atoms with E-state index in [-0.39, 0.29) is 18.8 Å². The second kappa shape index (κ2) is 14.5. The van der Waals surface area contributed by atoms with Gasteiger partial charge in [-0.1, -0.05) is 32.0 Å². The SMILES string of the molecule is CSCCC(NC(=O)C(N)Cc1c[nH]c2ccccc12)C(=O)NC(C(=O)NC(Cc1cnc[nH]1)C(=O)O)C(C)C. The van der Waals surface area contributed by atoms with Gasteiger partial charge in [0.1, 0.15) is 18.1 Å². The summed E-state index contributed by atoms with van der Waals surface area (Å²) in [5.41, 5.74) is 8.60. The molecule has 0 aliphatic rings. The molecule has 0 spiro atoms. The zero-order valence-corrected chi connectivity index (χ0v) is 23.6. The molecule has 4 atom stereocenters. The zero-order valence-electron chi connectivity index (χ0n) is 22.8. The normalized spacial score (nSPS) is 14.3. The highest BCUT2D eigenvalue weighted by atomic mass is 32.2. The Morgan fingerprint density at radius 2 is 1.73 bits per heavy atom. The molecule has 13 heteroatoms. The van der Waals surface area contributed by atoms with Gasteiger partial charge in [0, 0.05) is 35.4 Å². The van der Waals surface area contributed by atoms with Crippen LogP contribution in [0.3, 0.4) is 0 Å². The number of nitrogens with two attached hydrogens (primary N) is 1. The summed E-state index contributed by atoms with van der Waals surface area (Å²) in [6.07, 6.45) is 7.20. The van der Waals surface area contributed by atoms with Crippen LogP contribution in [-0.2, 0) is 32.0 Å². The number of carboxylic acids is 1. The van der Waals surface area contributed by atoms with E-state index in [4.69, 9.17) is 5.73 Å². The summed E-state index contributed by atoms with van der Waals surface area (Å²) in [6, 6.07) is 3.63. The average Bonchev–Trinajstić information content (AvgIpc) is 3.58. The third kappa shape index (κ3) is 8.33. The first-order chi connectivity index (χ1) is 19.1. The van der Waals surface area contributed by atoms with Gasteiger partial charge < -0.3 is 36.8 Å². The number of nitrogens with zero attached hydrogens (tertiary/aromatic N) is 1. The number of aromatic nitrogens is 3. The number of aliphatic carboxylic acids is 1. The van der Waals surface area contributed by atoms with Gasteiger partial charge in [0.2, 0.25) is 17.7 Å². The highest BCUT2D eigenvalue weighted by molar-refractivity contribution is 7.98. The van der Waals surface area contributed by atoms with Crippen LogP contribution in [0.15, 0.2) is 43.0 Å². The summed E-state index contributed by atoms with van der Waals surface area (Å²) in [6.45, 7) is 3.48. The Morgan fingerprint density at radius 1 is 1.00 bits per heavy atom. The van der Waals surface area contributed by atoms with Gasteiger partial charge in [-0.2, -0.15) is 11.8 Å². The van der Waals surface area contributed by atoms with Crippen molar-refractivity contribution in [2.24, 2.45) is 11.7 Å². The average molecular weight is 572 g/mol. The number of imidazole rings is 1. The van der Waals surface area contributed by atoms with Gasteiger partial charge in [-0.05, 0) is 42.4 Å². The molecule has 0 fully saturated rings. The standard InChI is InChI=1S/C27H37N7O5S/c1-15(2)23(26(37)33-22(27(38)39)11-17-13-29-14-31-17)34-25(36)21(8-9-40-3)32-24(35)19(28)10-16-12-30-20-7-5-4-6-18(16)20/h4-7,12-15,19,21-23,30H,8-11,28H2,1-3H3,(H,29,31)(H,32,35)(H,33,37)(H,34,36)(H,38,39). The fourth-order valence-electron chi connectivity index (χ4n) is 4.28. The number of hydrogen-bond donors (Lipinski definition) is 7. The summed E-state index contributed by atoms with van der Waals surface area (Å²) >= 11 is 1.51. The van der Waals surface area contributed by atoms with Crippen LogP contribution in [0.4, 0.5) is 0 Å². The van der Waals surface area contributed by atoms with E-state index >= 15 is 0 Å². The molecule has 1 aromatic carbocycles. The number of aromatic amines is 2. The van der Waals surface area contributed by atoms with Gasteiger partial charge in [0.15, 0.2) is 0 Å². The van der Waals surface area contributed by atoms with E-state index in [9.17, 15) is 24.3 Å². The topological polar surface area (TPSA) is 195 Å². The lowest BCUT2D eigenvalue weighted by Crippen LogP contribution is -2.58. The molecule has 0 saturated heterocycles. The maximum absolute atomic E-state index is 13.3. The largest absolute Gasteiger partial charge is 0.480 e. The number of rotatable bonds is 15. The molecule has 40 heavy (non-hydrogen) atoms. The van der Waals surface area contributed by atoms with Crippen LogP contribution >= 0.6 is 11.8 Å². The van der Waals surface area contributed by atoms with Crippen molar-refractivity contribution in [2.45, 2.75) is 57.3 Å². The molecule has 0 bridgehead atoms. The first-order valence-corrected chi connectivity index (χ1v) is 14.4. The molecule has 0 radical (unpaired) electrons. The minimum Gasteiger partial charge on any atom is -0.480 e. The molecule has 0 saturated carbocycles. The Morgan fingerprint density at radius 3 is 2.38 bits per heavy atom. The van der Waals surface area contributed by atoms with Crippen LogP contribution in [0.2, 0.25) is 0 Å². The van der Waals surface area contributed by atoms with E-state index in [0.29, 0.717) is 17.9 Å². The monoisotopic (exact) mass is 571 g/mol. The Hall–Kier alpha value is -3.84. The second-order valence-corrected chi connectivity index (χ2v) is 10.9. The molecule has 216 valence electrons. The fourth-order valence-corrected chi connectivity index (χ4v) is 4.75. The molecule has 0 aliphatic carbocycles. The van der Waals surface area contributed by atoms with Gasteiger partial charge in [0.05, 0.1) is 12.4 Å². The van der Waals surface area contributed by atoms with E-state index in [1.54, 1.807) is 13.8 Å². The van der Waals surface area contributed by atoms with Crippen molar-refractivity contribution in [2.75, 3.05) is 12.0 Å². The van der Waals surface area contributed by atoms with Crippen LogP contribution in [0.1, 0.15) is 31.5 Å². The summed E-state index contributed by atoms with van der Waals surface area (Å²) in [4.78, 5) is 61.0. The smallest absolute Gasteiger partial charge is 0.326 e. The molecular formula is C27H37N7O5S. The molecule has 2 heterocycles. The minimum absolute atomic E-state index is 0.000554. The number of carbonyl (C=O) groups excluding carboxylic acids is 3. The molecular weight excluding hydrogens is 534 g/mol. The number of amides is 3. The summed E-state index contributed by atoms with van der Waals surface area (Å²) in [7, 11) is 0. The lowest BCUT2D eigenvalue weighted by atomic mass is 10.0. The van der Waals surface area contributed by atoms with Gasteiger partial charge in [-0.3, -0.25) is 14.4 Å². The minimum atomic E-state index is -1.22. The van der Waals surface area contributed by atoms with Gasteiger partial charge >= 0.3 is 5.97 Å². The summed E-state index contributed by atoms with van der Waals surface area (Å²) in [5.74, 6) is -2.66. The van der Waals surface area contributed by atoms with Crippen molar-refractivity contribution >= 4 is 46.4 Å². The number of para-hydroxylation sites is 1. The van der Waals surface area contributed by atoms with Crippen molar-refractivity contribution < 1.29 is 24.3 Å². The number of H-pyrrole nitrogens is 2. The predicted molar refractivity (Wildman–Crippen MR) is 154 cm³/mol. The lowest BCUT2D eigenvalue weighted by Gasteiger charge is -2.27. The van der Waals surface area contributed by atoms with Gasteiger partial charge in [0.25, 0.3) is 0 Å². The van der Waals surface area contributed by atoms with Crippen molar-refractivity contribution in [1.29, 1.82) is 0 Å². The van der Waals surface area contributed by atoms with Crippen LogP contribution in [0.25, 0.3) is 10.9 Å². The molecule has 0 aliphatic heterocycles. The lowest BCUT2D eigenvalue weighted by molar-refractivity contribution is -0.142. The van der Waals surface area contributed by atoms with Gasteiger partial charge in [-0.25, -0.2) is 9.78 Å². The maximum atomic E-state index is 13.3. The Bertz CT molecular complexity index is 1290. The van der Waals surface area contributed by atoms with Crippen molar-refractivity contribution in [3.63, 3.8) is 0 Å². The van der Waals surface area contributed by atoms with Crippen LogP contribution in [-0.4, -0.2) is 79.9 Å². The number of nitrogens with one attached hydrogen (secondary N) is 5. The molecule has 2 aromatic heterocycles. The van der Waals surface area contributed by atoms with E-state index in [0.717, 1.165) is 16.5 Å². The Balaban J connectivity index is 1.66. The van der Waals surface area contributed by atoms with E-state index in [2.05, 4.69) is 30.9 Å². The Labute approximate surface area is 236 Å². The number of carboxylic acid groups (broad SMARTS) is 1. The van der Waals surface area contributed by atoms with Crippen LogP contribution < -0.4 is 21.7 Å². The summed E-state index contributed by atoms with van der Waals surface area (Å²) in [5, 5.41) is 18.5. The Kier molecular flexibility index (Phi) is 11.1. The highest BCUT2D eigenvalue weighted by Crippen LogP contribution is 2.19. The van der Waals surface area contributed by atoms with Crippen molar-refractivity contribution in [1.82, 2.24) is 30.9 Å². The molecule has 4 unspecified atom stereocenters. The molecule has 3 amide bonds. The highest BCUT2D eigenvalue weighted by Gasteiger charge is 2.32. The number of fused-ring (bicyclic) bond motifs is 1. The predicted octanol–water partition coefficient (Wildman–Crippen LogP) is 0.952. The number of carbonyl (C=O) groups is 4. The van der Waals surface area contributed by atoms with Crippen LogP contribution in [0.5, 0.6) is 0 Å². The number of hydrogen-bond acceptors (Lipinski definition) is 7. The molecule has 3 aromatic rings.